The Hall–Kier alpha value is -2.54. The monoisotopic (exact) mass is 573 g/mol. The van der Waals surface area contributed by atoms with Gasteiger partial charge in [-0.2, -0.15) is 39.5 Å². The van der Waals surface area contributed by atoms with Crippen LogP contribution in [0.2, 0.25) is 10.0 Å². The van der Waals surface area contributed by atoms with Crippen molar-refractivity contribution in [3.63, 3.8) is 0 Å². The number of carbonyl (C=O) groups excluding carboxylic acids is 1. The standard InChI is InChI=1S/C21H12Cl2F11NO/c1-8(19(26,27)28)35-18(36)11-3-2-9(4-13(11)21(32,33)34)16(24)7-12(20(29,30)31)10-5-14(22)17(25)15(23)6-10/h2-8,12H,1H3,(H,35,36)/b16-7-. The van der Waals surface area contributed by atoms with Gasteiger partial charge in [-0.3, -0.25) is 4.79 Å². The van der Waals surface area contributed by atoms with Crippen LogP contribution in [0.15, 0.2) is 36.4 Å². The van der Waals surface area contributed by atoms with Crippen LogP contribution in [-0.4, -0.2) is 24.3 Å². The van der Waals surface area contributed by atoms with Crippen LogP contribution in [-0.2, 0) is 6.18 Å². The number of halogens is 13. The molecule has 0 radical (unpaired) electrons. The van der Waals surface area contributed by atoms with Crippen molar-refractivity contribution in [1.29, 1.82) is 0 Å². The van der Waals surface area contributed by atoms with Crippen molar-refractivity contribution in [3.05, 3.63) is 74.5 Å². The Kier molecular flexibility index (Phi) is 8.61. The molecule has 0 spiro atoms. The van der Waals surface area contributed by atoms with E-state index in [1.54, 1.807) is 0 Å². The summed E-state index contributed by atoms with van der Waals surface area (Å²) in [4.78, 5) is 12.0. The van der Waals surface area contributed by atoms with Gasteiger partial charge >= 0.3 is 18.5 Å². The molecule has 15 heteroatoms. The first-order valence-electron chi connectivity index (χ1n) is 9.41. The summed E-state index contributed by atoms with van der Waals surface area (Å²) in [6.45, 7) is 0.465. The van der Waals surface area contributed by atoms with E-state index in [9.17, 15) is 53.1 Å². The van der Waals surface area contributed by atoms with E-state index in [0.29, 0.717) is 31.2 Å². The molecule has 0 fully saturated rings. The molecule has 2 aromatic carbocycles. The zero-order chi connectivity index (χ0) is 27.8. The maximum atomic E-state index is 14.8. The highest BCUT2D eigenvalue weighted by Gasteiger charge is 2.42. The lowest BCUT2D eigenvalue weighted by Gasteiger charge is -2.20. The highest BCUT2D eigenvalue weighted by atomic mass is 35.5. The summed E-state index contributed by atoms with van der Waals surface area (Å²) in [5.41, 5.74) is -5.12. The van der Waals surface area contributed by atoms with Crippen molar-refractivity contribution in [1.82, 2.24) is 5.32 Å². The first kappa shape index (κ1) is 29.7. The highest BCUT2D eigenvalue weighted by molar-refractivity contribution is 6.35. The summed E-state index contributed by atoms with van der Waals surface area (Å²) in [6, 6.07) is -0.770. The topological polar surface area (TPSA) is 29.1 Å². The van der Waals surface area contributed by atoms with Gasteiger partial charge in [0.15, 0.2) is 5.82 Å². The lowest BCUT2D eigenvalue weighted by molar-refractivity contribution is -0.149. The van der Waals surface area contributed by atoms with Crippen molar-refractivity contribution in [2.75, 3.05) is 0 Å². The van der Waals surface area contributed by atoms with Crippen molar-refractivity contribution < 1.29 is 53.1 Å². The Bertz CT molecular complexity index is 1150. The van der Waals surface area contributed by atoms with E-state index in [4.69, 9.17) is 23.2 Å². The van der Waals surface area contributed by atoms with E-state index in [1.807, 2.05) is 0 Å². The molecule has 2 atom stereocenters. The third kappa shape index (κ3) is 7.02. The zero-order valence-electron chi connectivity index (χ0n) is 17.4. The number of benzene rings is 2. The van der Waals surface area contributed by atoms with Gasteiger partial charge in [-0.1, -0.05) is 29.3 Å². The van der Waals surface area contributed by atoms with Gasteiger partial charge in [0.05, 0.1) is 21.2 Å². The molecule has 0 aliphatic carbocycles. The summed E-state index contributed by atoms with van der Waals surface area (Å²) in [5.74, 6) is -7.73. The molecule has 0 bridgehead atoms. The van der Waals surface area contributed by atoms with Crippen molar-refractivity contribution in [2.24, 2.45) is 0 Å². The van der Waals surface area contributed by atoms with E-state index >= 15 is 0 Å². The average Bonchev–Trinajstić information content (AvgIpc) is 2.72. The van der Waals surface area contributed by atoms with Crippen molar-refractivity contribution in [3.8, 4) is 0 Å². The minimum absolute atomic E-state index is 0.0307. The summed E-state index contributed by atoms with van der Waals surface area (Å²) < 4.78 is 147. The van der Waals surface area contributed by atoms with Gasteiger partial charge in [0.1, 0.15) is 17.8 Å². The van der Waals surface area contributed by atoms with E-state index < -0.39 is 80.3 Å². The second kappa shape index (κ2) is 10.4. The van der Waals surface area contributed by atoms with Crippen LogP contribution in [0.5, 0.6) is 0 Å². The molecule has 2 rings (SSSR count). The van der Waals surface area contributed by atoms with Crippen molar-refractivity contribution >= 4 is 34.9 Å². The number of alkyl halides is 9. The molecule has 2 aromatic rings. The van der Waals surface area contributed by atoms with E-state index in [1.165, 1.54) is 5.32 Å². The van der Waals surface area contributed by atoms with E-state index in [2.05, 4.69) is 0 Å². The number of carbonyl (C=O) groups is 1. The van der Waals surface area contributed by atoms with Crippen molar-refractivity contribution in [2.45, 2.75) is 37.4 Å². The molecule has 198 valence electrons. The first-order chi connectivity index (χ1) is 16.2. The molecule has 0 aromatic heterocycles. The summed E-state index contributed by atoms with van der Waals surface area (Å²) >= 11 is 10.9. The molecule has 0 saturated heterocycles. The second-order valence-corrected chi connectivity index (χ2v) is 8.14. The van der Waals surface area contributed by atoms with Gasteiger partial charge in [-0.15, -0.1) is 0 Å². The van der Waals surface area contributed by atoms with Crippen LogP contribution in [0.4, 0.5) is 48.3 Å². The fourth-order valence-electron chi connectivity index (χ4n) is 2.86. The van der Waals surface area contributed by atoms with Crippen LogP contribution in [0.25, 0.3) is 5.83 Å². The second-order valence-electron chi connectivity index (χ2n) is 7.33. The van der Waals surface area contributed by atoms with E-state index in [-0.39, 0.29) is 12.1 Å². The van der Waals surface area contributed by atoms with Gasteiger partial charge in [0.25, 0.3) is 5.91 Å². The average molecular weight is 574 g/mol. The predicted octanol–water partition coefficient (Wildman–Crippen LogP) is 8.49. The maximum absolute atomic E-state index is 14.8. The molecule has 0 aliphatic rings. The fraction of sp³-hybridized carbons (Fsp3) is 0.286. The van der Waals surface area contributed by atoms with Gasteiger partial charge in [-0.25, -0.2) is 8.78 Å². The zero-order valence-corrected chi connectivity index (χ0v) is 19.0. The van der Waals surface area contributed by atoms with Gasteiger partial charge in [-0.05, 0) is 42.8 Å². The van der Waals surface area contributed by atoms with Crippen LogP contribution in [0, 0.1) is 5.82 Å². The Balaban J connectivity index is 2.57. The number of hydrogen-bond acceptors (Lipinski definition) is 1. The Labute approximate surface area is 205 Å². The predicted molar refractivity (Wildman–Crippen MR) is 109 cm³/mol. The molecule has 0 saturated carbocycles. The summed E-state index contributed by atoms with van der Waals surface area (Å²) in [5, 5.41) is -0.351. The van der Waals surface area contributed by atoms with Crippen LogP contribution in [0.3, 0.4) is 0 Å². The molecule has 36 heavy (non-hydrogen) atoms. The Morgan fingerprint density at radius 1 is 0.917 bits per heavy atom. The quantitative estimate of drug-likeness (QED) is 0.282. The van der Waals surface area contributed by atoms with Gasteiger partial charge < -0.3 is 5.32 Å². The highest BCUT2D eigenvalue weighted by Crippen LogP contribution is 2.41. The lowest BCUT2D eigenvalue weighted by atomic mass is 9.95. The van der Waals surface area contributed by atoms with Crippen LogP contribution >= 0.6 is 23.2 Å². The molecule has 1 N–H and O–H groups in total. The SMILES string of the molecule is CC(NC(=O)c1ccc(/C(F)=C/C(c2cc(Cl)c(F)c(Cl)c2)C(F)(F)F)cc1C(F)(F)F)C(F)(F)F. The number of amides is 1. The van der Waals surface area contributed by atoms with Gasteiger partial charge in [0.2, 0.25) is 0 Å². The Morgan fingerprint density at radius 3 is 1.89 bits per heavy atom. The number of hydrogen-bond donors (Lipinski definition) is 1. The molecule has 2 nitrogen and oxygen atoms in total. The smallest absolute Gasteiger partial charge is 0.341 e. The number of nitrogens with one attached hydrogen (secondary N) is 1. The first-order valence-corrected chi connectivity index (χ1v) is 10.2. The summed E-state index contributed by atoms with van der Waals surface area (Å²) in [6.07, 6.45) is -15.7. The van der Waals surface area contributed by atoms with Crippen LogP contribution in [0.1, 0.15) is 39.9 Å². The third-order valence-corrected chi connectivity index (χ3v) is 5.26. The van der Waals surface area contributed by atoms with E-state index in [0.717, 1.165) is 0 Å². The number of rotatable bonds is 5. The summed E-state index contributed by atoms with van der Waals surface area (Å²) in [7, 11) is 0. The minimum Gasteiger partial charge on any atom is -0.341 e. The molecule has 0 heterocycles. The molecule has 2 unspecified atom stereocenters. The Morgan fingerprint density at radius 2 is 1.44 bits per heavy atom. The van der Waals surface area contributed by atoms with Crippen LogP contribution < -0.4 is 5.32 Å². The molecule has 1 amide bonds. The molecular weight excluding hydrogens is 562 g/mol. The molecular formula is C21H12Cl2F11NO. The largest absolute Gasteiger partial charge is 0.417 e. The third-order valence-electron chi connectivity index (χ3n) is 4.71. The minimum atomic E-state index is -5.40. The lowest BCUT2D eigenvalue weighted by Crippen LogP contribution is -2.43. The fourth-order valence-corrected chi connectivity index (χ4v) is 3.36. The maximum Gasteiger partial charge on any atom is 0.417 e. The van der Waals surface area contributed by atoms with Gasteiger partial charge in [0, 0.05) is 5.56 Å². The number of allylic oxidation sites excluding steroid dienone is 1. The normalized spacial score (nSPS) is 15.0. The molecule has 0 aliphatic heterocycles.